The zero-order valence-corrected chi connectivity index (χ0v) is 10.8. The number of fused-ring (bicyclic) bond motifs is 1. The van der Waals surface area contributed by atoms with Crippen LogP contribution in [0.25, 0.3) is 0 Å². The largest absolute Gasteiger partial charge is 0.392 e. The van der Waals surface area contributed by atoms with Crippen molar-refractivity contribution >= 4 is 0 Å². The Morgan fingerprint density at radius 1 is 1.31 bits per heavy atom. The van der Waals surface area contributed by atoms with Crippen molar-refractivity contribution in [3.63, 3.8) is 0 Å². The summed E-state index contributed by atoms with van der Waals surface area (Å²) >= 11 is 0. The van der Waals surface area contributed by atoms with Crippen LogP contribution < -0.4 is 0 Å². The summed E-state index contributed by atoms with van der Waals surface area (Å²) in [5, 5.41) is 9.29. The summed E-state index contributed by atoms with van der Waals surface area (Å²) in [7, 11) is 0. The lowest BCUT2D eigenvalue weighted by Gasteiger charge is -2.38. The van der Waals surface area contributed by atoms with E-state index in [1.54, 1.807) is 11.1 Å². The van der Waals surface area contributed by atoms with Crippen molar-refractivity contribution in [1.29, 1.82) is 0 Å². The molecule has 2 aliphatic rings. The second-order valence-electron chi connectivity index (χ2n) is 5.76. The first-order chi connectivity index (χ1) is 7.63. The van der Waals surface area contributed by atoms with Crippen molar-refractivity contribution in [1.82, 2.24) is 0 Å². The summed E-state index contributed by atoms with van der Waals surface area (Å²) in [6.07, 6.45) is 7.24. The first-order valence-corrected chi connectivity index (χ1v) is 6.62. The van der Waals surface area contributed by atoms with Gasteiger partial charge in [0.05, 0.1) is 6.61 Å². The minimum Gasteiger partial charge on any atom is -0.392 e. The Morgan fingerprint density at radius 2 is 2.06 bits per heavy atom. The van der Waals surface area contributed by atoms with E-state index in [0.717, 1.165) is 18.3 Å². The third kappa shape index (κ3) is 2.10. The average Bonchev–Trinajstić information content (AvgIpc) is 2.28. The molecule has 90 valence electrons. The third-order valence-electron chi connectivity index (χ3n) is 4.45. The normalized spacial score (nSPS) is 30.4. The van der Waals surface area contributed by atoms with E-state index in [2.05, 4.69) is 26.8 Å². The standard InChI is InChI=1S/C15H24O/c1-10(2)13-6-4-11(3)14-7-5-12(9-16)8-15(13)14/h8,10,13,15-16H,4-7,9H2,1-3H3/t13-,15+/m1/s1. The SMILES string of the molecule is CC1=C2CCC(CO)=C[C@H]2[C@@H](C(C)C)CC1. The molecule has 2 rings (SSSR count). The van der Waals surface area contributed by atoms with Crippen molar-refractivity contribution in [3.8, 4) is 0 Å². The molecule has 16 heavy (non-hydrogen) atoms. The van der Waals surface area contributed by atoms with E-state index in [4.69, 9.17) is 0 Å². The predicted octanol–water partition coefficient (Wildman–Crippen LogP) is 3.70. The van der Waals surface area contributed by atoms with Crippen molar-refractivity contribution in [2.75, 3.05) is 6.61 Å². The molecular weight excluding hydrogens is 196 g/mol. The number of rotatable bonds is 2. The lowest BCUT2D eigenvalue weighted by Crippen LogP contribution is -2.27. The summed E-state index contributed by atoms with van der Waals surface area (Å²) in [5.74, 6) is 2.17. The van der Waals surface area contributed by atoms with E-state index in [0.29, 0.717) is 5.92 Å². The van der Waals surface area contributed by atoms with Crippen LogP contribution in [0.15, 0.2) is 22.8 Å². The van der Waals surface area contributed by atoms with Gasteiger partial charge in [-0.05, 0) is 50.0 Å². The Bertz CT molecular complexity index is 322. The molecule has 0 radical (unpaired) electrons. The van der Waals surface area contributed by atoms with Gasteiger partial charge in [0.2, 0.25) is 0 Å². The van der Waals surface area contributed by atoms with E-state index in [1.807, 2.05) is 0 Å². The minimum absolute atomic E-state index is 0.258. The maximum Gasteiger partial charge on any atom is 0.0642 e. The maximum absolute atomic E-state index is 9.29. The van der Waals surface area contributed by atoms with Gasteiger partial charge in [-0.2, -0.15) is 0 Å². The molecule has 1 heteroatoms. The molecule has 0 aromatic rings. The second kappa shape index (κ2) is 4.75. The molecule has 0 aromatic carbocycles. The molecular formula is C15H24O. The van der Waals surface area contributed by atoms with Crippen molar-refractivity contribution < 1.29 is 5.11 Å². The van der Waals surface area contributed by atoms with Crippen molar-refractivity contribution in [2.24, 2.45) is 17.8 Å². The van der Waals surface area contributed by atoms with Crippen molar-refractivity contribution in [2.45, 2.75) is 46.5 Å². The molecule has 0 aromatic heterocycles. The topological polar surface area (TPSA) is 20.2 Å². The Morgan fingerprint density at radius 3 is 2.69 bits per heavy atom. The average molecular weight is 220 g/mol. The van der Waals surface area contributed by atoms with Gasteiger partial charge in [0, 0.05) is 5.92 Å². The highest BCUT2D eigenvalue weighted by atomic mass is 16.3. The van der Waals surface area contributed by atoms with E-state index in [1.165, 1.54) is 24.8 Å². The summed E-state index contributed by atoms with van der Waals surface area (Å²) in [5.41, 5.74) is 4.56. The van der Waals surface area contributed by atoms with Crippen LogP contribution in [0.2, 0.25) is 0 Å². The van der Waals surface area contributed by atoms with E-state index < -0.39 is 0 Å². The van der Waals surface area contributed by atoms with Gasteiger partial charge in [0.1, 0.15) is 0 Å². The van der Waals surface area contributed by atoms with E-state index in [9.17, 15) is 5.11 Å². The van der Waals surface area contributed by atoms with Gasteiger partial charge in [-0.1, -0.05) is 31.1 Å². The molecule has 0 aliphatic heterocycles. The summed E-state index contributed by atoms with van der Waals surface area (Å²) in [4.78, 5) is 0. The van der Waals surface area contributed by atoms with Gasteiger partial charge >= 0.3 is 0 Å². The number of allylic oxidation sites excluding steroid dienone is 3. The molecule has 0 amide bonds. The lowest BCUT2D eigenvalue weighted by molar-refractivity contribution is 0.268. The van der Waals surface area contributed by atoms with Crippen LogP contribution in [0, 0.1) is 17.8 Å². The molecule has 0 saturated carbocycles. The highest BCUT2D eigenvalue weighted by Crippen LogP contribution is 2.44. The Balaban J connectivity index is 2.31. The highest BCUT2D eigenvalue weighted by Gasteiger charge is 2.32. The molecule has 2 aliphatic carbocycles. The fraction of sp³-hybridized carbons (Fsp3) is 0.733. The van der Waals surface area contributed by atoms with Gasteiger partial charge in [-0.25, -0.2) is 0 Å². The molecule has 0 bridgehead atoms. The Labute approximate surface area is 99.3 Å². The van der Waals surface area contributed by atoms with Crippen LogP contribution in [0.4, 0.5) is 0 Å². The Kier molecular flexibility index (Phi) is 3.53. The first-order valence-electron chi connectivity index (χ1n) is 6.62. The summed E-state index contributed by atoms with van der Waals surface area (Å²) in [6.45, 7) is 7.23. The number of aliphatic hydroxyl groups excluding tert-OH is 1. The number of hydrogen-bond donors (Lipinski definition) is 1. The maximum atomic E-state index is 9.29. The van der Waals surface area contributed by atoms with Crippen LogP contribution in [-0.4, -0.2) is 11.7 Å². The molecule has 2 atom stereocenters. The quantitative estimate of drug-likeness (QED) is 0.704. The fourth-order valence-corrected chi connectivity index (χ4v) is 3.38. The van der Waals surface area contributed by atoms with Crippen LogP contribution in [0.5, 0.6) is 0 Å². The molecule has 0 spiro atoms. The fourth-order valence-electron chi connectivity index (χ4n) is 3.38. The van der Waals surface area contributed by atoms with Crippen LogP contribution >= 0.6 is 0 Å². The number of aliphatic hydroxyl groups is 1. The molecule has 1 N–H and O–H groups in total. The molecule has 0 heterocycles. The van der Waals surface area contributed by atoms with Crippen LogP contribution in [0.3, 0.4) is 0 Å². The zero-order chi connectivity index (χ0) is 11.7. The van der Waals surface area contributed by atoms with Gasteiger partial charge in [-0.15, -0.1) is 0 Å². The number of hydrogen-bond acceptors (Lipinski definition) is 1. The smallest absolute Gasteiger partial charge is 0.0642 e. The van der Waals surface area contributed by atoms with Gasteiger partial charge in [0.15, 0.2) is 0 Å². The van der Waals surface area contributed by atoms with Crippen LogP contribution in [0.1, 0.15) is 46.5 Å². The van der Waals surface area contributed by atoms with Gasteiger partial charge in [0.25, 0.3) is 0 Å². The van der Waals surface area contributed by atoms with Crippen LogP contribution in [-0.2, 0) is 0 Å². The summed E-state index contributed by atoms with van der Waals surface area (Å²) < 4.78 is 0. The minimum atomic E-state index is 0.258. The Hall–Kier alpha value is -0.560. The van der Waals surface area contributed by atoms with Gasteiger partial charge in [-0.3, -0.25) is 0 Å². The second-order valence-corrected chi connectivity index (χ2v) is 5.76. The van der Waals surface area contributed by atoms with E-state index in [-0.39, 0.29) is 6.61 Å². The monoisotopic (exact) mass is 220 g/mol. The molecule has 0 saturated heterocycles. The van der Waals surface area contributed by atoms with Gasteiger partial charge < -0.3 is 5.11 Å². The lowest BCUT2D eigenvalue weighted by atomic mass is 9.67. The third-order valence-corrected chi connectivity index (χ3v) is 4.45. The highest BCUT2D eigenvalue weighted by molar-refractivity contribution is 5.30. The zero-order valence-electron chi connectivity index (χ0n) is 10.8. The van der Waals surface area contributed by atoms with E-state index >= 15 is 0 Å². The van der Waals surface area contributed by atoms with Crippen molar-refractivity contribution in [3.05, 3.63) is 22.8 Å². The molecule has 0 unspecified atom stereocenters. The molecule has 1 nitrogen and oxygen atoms in total. The summed E-state index contributed by atoms with van der Waals surface area (Å²) in [6, 6.07) is 0. The predicted molar refractivity (Wildman–Crippen MR) is 68.2 cm³/mol. The molecule has 0 fully saturated rings. The first kappa shape index (κ1) is 11.9.